The van der Waals surface area contributed by atoms with Crippen molar-refractivity contribution in [2.75, 3.05) is 6.61 Å². The summed E-state index contributed by atoms with van der Waals surface area (Å²) >= 11 is 6.26. The molecule has 1 aliphatic heterocycles. The van der Waals surface area contributed by atoms with Crippen molar-refractivity contribution < 1.29 is 9.53 Å². The lowest BCUT2D eigenvalue weighted by molar-refractivity contribution is -0.121. The molecule has 1 amide bonds. The second-order valence-electron chi connectivity index (χ2n) is 5.01. The Bertz CT molecular complexity index is 630. The number of hydrogen-bond donors (Lipinski definition) is 1. The van der Waals surface area contributed by atoms with Crippen molar-refractivity contribution >= 4 is 17.5 Å². The van der Waals surface area contributed by atoms with E-state index in [1.54, 1.807) is 0 Å². The van der Waals surface area contributed by atoms with Crippen LogP contribution in [0.1, 0.15) is 29.0 Å². The minimum Gasteiger partial charge on any atom is -0.493 e. The van der Waals surface area contributed by atoms with E-state index in [0.717, 1.165) is 23.3 Å². The summed E-state index contributed by atoms with van der Waals surface area (Å²) in [5.74, 6) is 0.657. The fourth-order valence-electron chi connectivity index (χ4n) is 2.51. The summed E-state index contributed by atoms with van der Waals surface area (Å²) in [7, 11) is 0. The molecule has 2 unspecified atom stereocenters. The first-order valence-electron chi connectivity index (χ1n) is 6.97. The quantitative estimate of drug-likeness (QED) is 0.880. The van der Waals surface area contributed by atoms with Crippen molar-refractivity contribution in [3.63, 3.8) is 0 Å². The van der Waals surface area contributed by atoms with Gasteiger partial charge in [0.2, 0.25) is 5.91 Å². The van der Waals surface area contributed by atoms with E-state index in [2.05, 4.69) is 5.32 Å². The lowest BCUT2D eigenvalue weighted by atomic mass is 10.00. The van der Waals surface area contributed by atoms with E-state index >= 15 is 0 Å². The van der Waals surface area contributed by atoms with Gasteiger partial charge in [-0.15, -0.1) is 11.6 Å². The molecular formula is C17H16ClNO2. The van der Waals surface area contributed by atoms with Crippen molar-refractivity contribution in [3.05, 3.63) is 65.7 Å². The number of para-hydroxylation sites is 1. The van der Waals surface area contributed by atoms with Crippen LogP contribution < -0.4 is 10.1 Å². The van der Waals surface area contributed by atoms with E-state index in [9.17, 15) is 4.79 Å². The summed E-state index contributed by atoms with van der Waals surface area (Å²) in [6.07, 6.45) is 0.751. The number of fused-ring (bicyclic) bond motifs is 1. The second-order valence-corrected chi connectivity index (χ2v) is 5.45. The maximum atomic E-state index is 12.3. The van der Waals surface area contributed by atoms with Gasteiger partial charge in [-0.3, -0.25) is 4.79 Å². The molecule has 2 aromatic carbocycles. The third kappa shape index (κ3) is 3.03. The summed E-state index contributed by atoms with van der Waals surface area (Å²) in [5.41, 5.74) is 1.81. The number of rotatable bonds is 3. The standard InChI is InChI=1S/C17H16ClNO2/c18-16(12-6-2-1-3-7-12)17(20)19-14-10-11-21-15-9-5-4-8-13(14)15/h1-9,14,16H,10-11H2,(H,19,20). The van der Waals surface area contributed by atoms with Gasteiger partial charge in [0.15, 0.2) is 0 Å². The van der Waals surface area contributed by atoms with Gasteiger partial charge in [-0.2, -0.15) is 0 Å². The summed E-state index contributed by atoms with van der Waals surface area (Å²) in [5, 5.41) is 2.34. The molecule has 2 atom stereocenters. The third-order valence-corrected chi connectivity index (χ3v) is 4.05. The predicted octanol–water partition coefficient (Wildman–Crippen LogP) is 3.61. The van der Waals surface area contributed by atoms with Crippen LogP contribution in [0.4, 0.5) is 0 Å². The number of benzene rings is 2. The van der Waals surface area contributed by atoms with Gasteiger partial charge in [0.05, 0.1) is 12.6 Å². The van der Waals surface area contributed by atoms with Crippen molar-refractivity contribution in [2.45, 2.75) is 17.8 Å². The molecule has 2 aromatic rings. The Morgan fingerprint density at radius 3 is 2.67 bits per heavy atom. The van der Waals surface area contributed by atoms with Crippen molar-refractivity contribution in [1.82, 2.24) is 5.32 Å². The minimum absolute atomic E-state index is 0.0487. The molecule has 1 aliphatic rings. The maximum absolute atomic E-state index is 12.3. The highest BCUT2D eigenvalue weighted by Gasteiger charge is 2.25. The monoisotopic (exact) mass is 301 g/mol. The molecule has 0 aromatic heterocycles. The molecule has 21 heavy (non-hydrogen) atoms. The average molecular weight is 302 g/mol. The summed E-state index contributed by atoms with van der Waals surface area (Å²) < 4.78 is 5.60. The number of amides is 1. The molecule has 0 aliphatic carbocycles. The van der Waals surface area contributed by atoms with E-state index in [1.165, 1.54) is 0 Å². The summed E-state index contributed by atoms with van der Waals surface area (Å²) in [4.78, 5) is 12.3. The second kappa shape index (κ2) is 6.19. The van der Waals surface area contributed by atoms with E-state index in [1.807, 2.05) is 54.6 Å². The number of hydrogen-bond acceptors (Lipinski definition) is 2. The third-order valence-electron chi connectivity index (χ3n) is 3.60. The highest BCUT2D eigenvalue weighted by molar-refractivity contribution is 6.30. The molecule has 0 saturated carbocycles. The highest BCUT2D eigenvalue weighted by atomic mass is 35.5. The molecule has 0 radical (unpaired) electrons. The molecule has 1 heterocycles. The lowest BCUT2D eigenvalue weighted by Gasteiger charge is -2.27. The number of carbonyl (C=O) groups excluding carboxylic acids is 1. The molecule has 0 saturated heterocycles. The van der Waals surface area contributed by atoms with E-state index in [0.29, 0.717) is 6.61 Å². The smallest absolute Gasteiger partial charge is 0.243 e. The Balaban J connectivity index is 1.74. The van der Waals surface area contributed by atoms with Gasteiger partial charge in [0.1, 0.15) is 11.1 Å². The average Bonchev–Trinajstić information content (AvgIpc) is 2.55. The minimum atomic E-state index is -0.679. The Morgan fingerprint density at radius 1 is 1.14 bits per heavy atom. The number of carbonyl (C=O) groups is 1. The van der Waals surface area contributed by atoms with Crippen LogP contribution in [0.25, 0.3) is 0 Å². The van der Waals surface area contributed by atoms with Gasteiger partial charge in [-0.05, 0) is 11.6 Å². The Labute approximate surface area is 128 Å². The van der Waals surface area contributed by atoms with E-state index in [4.69, 9.17) is 16.3 Å². The zero-order valence-electron chi connectivity index (χ0n) is 11.5. The van der Waals surface area contributed by atoms with Crippen LogP contribution in [0.5, 0.6) is 5.75 Å². The topological polar surface area (TPSA) is 38.3 Å². The Kier molecular flexibility index (Phi) is 4.11. The van der Waals surface area contributed by atoms with Gasteiger partial charge in [0, 0.05) is 12.0 Å². The lowest BCUT2D eigenvalue weighted by Crippen LogP contribution is -2.34. The van der Waals surface area contributed by atoms with Crippen LogP contribution in [0.3, 0.4) is 0 Å². The largest absolute Gasteiger partial charge is 0.493 e. The van der Waals surface area contributed by atoms with Crippen LogP contribution in [0, 0.1) is 0 Å². The van der Waals surface area contributed by atoms with E-state index in [-0.39, 0.29) is 11.9 Å². The van der Waals surface area contributed by atoms with Gasteiger partial charge in [-0.1, -0.05) is 48.5 Å². The maximum Gasteiger partial charge on any atom is 0.243 e. The van der Waals surface area contributed by atoms with Crippen LogP contribution in [0.2, 0.25) is 0 Å². The SMILES string of the molecule is O=C(NC1CCOc2ccccc21)C(Cl)c1ccccc1. The zero-order valence-corrected chi connectivity index (χ0v) is 12.2. The molecule has 3 rings (SSSR count). The Morgan fingerprint density at radius 2 is 1.86 bits per heavy atom. The number of ether oxygens (including phenoxy) is 1. The molecule has 3 nitrogen and oxygen atoms in total. The normalized spacial score (nSPS) is 18.2. The zero-order chi connectivity index (χ0) is 14.7. The van der Waals surface area contributed by atoms with Gasteiger partial charge < -0.3 is 10.1 Å². The highest BCUT2D eigenvalue weighted by Crippen LogP contribution is 2.32. The molecule has 108 valence electrons. The molecule has 1 N–H and O–H groups in total. The van der Waals surface area contributed by atoms with Crippen molar-refractivity contribution in [2.24, 2.45) is 0 Å². The number of nitrogens with one attached hydrogen (secondary N) is 1. The molecule has 4 heteroatoms. The number of alkyl halides is 1. The molecule has 0 bridgehead atoms. The first kappa shape index (κ1) is 14.0. The molecular weight excluding hydrogens is 286 g/mol. The van der Waals surface area contributed by atoms with Gasteiger partial charge >= 0.3 is 0 Å². The predicted molar refractivity (Wildman–Crippen MR) is 82.5 cm³/mol. The van der Waals surface area contributed by atoms with Crippen molar-refractivity contribution in [1.29, 1.82) is 0 Å². The first-order valence-corrected chi connectivity index (χ1v) is 7.40. The van der Waals surface area contributed by atoms with Crippen LogP contribution >= 0.6 is 11.6 Å². The number of halogens is 1. The summed E-state index contributed by atoms with van der Waals surface area (Å²) in [6.45, 7) is 0.597. The fourth-order valence-corrected chi connectivity index (χ4v) is 2.72. The van der Waals surface area contributed by atoms with E-state index < -0.39 is 5.38 Å². The van der Waals surface area contributed by atoms with Gasteiger partial charge in [-0.25, -0.2) is 0 Å². The molecule has 0 fully saturated rings. The van der Waals surface area contributed by atoms with Crippen LogP contribution in [-0.2, 0) is 4.79 Å². The summed E-state index contributed by atoms with van der Waals surface area (Å²) in [6, 6.07) is 17.1. The Hall–Kier alpha value is -2.00. The first-order chi connectivity index (χ1) is 10.3. The fraction of sp³-hybridized carbons (Fsp3) is 0.235. The van der Waals surface area contributed by atoms with Crippen molar-refractivity contribution in [3.8, 4) is 5.75 Å². The van der Waals surface area contributed by atoms with Gasteiger partial charge in [0.25, 0.3) is 0 Å². The molecule has 0 spiro atoms. The van der Waals surface area contributed by atoms with Crippen LogP contribution in [0.15, 0.2) is 54.6 Å². The van der Waals surface area contributed by atoms with Crippen LogP contribution in [-0.4, -0.2) is 12.5 Å².